The first-order chi connectivity index (χ1) is 7.87. The highest BCUT2D eigenvalue weighted by Gasteiger charge is 2.22. The van der Waals surface area contributed by atoms with Gasteiger partial charge in [-0.1, -0.05) is 6.07 Å². The fourth-order valence-corrected chi connectivity index (χ4v) is 2.70. The first kappa shape index (κ1) is 14.0. The third-order valence-electron chi connectivity index (χ3n) is 2.27. The molecular formula is C11H17NO4S. The van der Waals surface area contributed by atoms with E-state index in [-0.39, 0.29) is 11.4 Å². The molecule has 0 bridgehead atoms. The fourth-order valence-electron chi connectivity index (χ4n) is 1.41. The molecule has 6 heteroatoms. The number of methoxy groups -OCH3 is 1. The molecule has 17 heavy (non-hydrogen) atoms. The van der Waals surface area contributed by atoms with E-state index in [0.29, 0.717) is 5.75 Å². The topological polar surface area (TPSA) is 66.8 Å². The number of benzene rings is 1. The van der Waals surface area contributed by atoms with Gasteiger partial charge in [-0.2, -0.15) is 4.31 Å². The summed E-state index contributed by atoms with van der Waals surface area (Å²) in [6, 6.07) is 6.24. The highest BCUT2D eigenvalue weighted by Crippen LogP contribution is 2.19. The molecule has 1 N–H and O–H groups in total. The lowest BCUT2D eigenvalue weighted by atomic mass is 10.3. The Bertz CT molecular complexity index is 470. The smallest absolute Gasteiger partial charge is 0.243 e. The van der Waals surface area contributed by atoms with Crippen LogP contribution >= 0.6 is 0 Å². The first-order valence-corrected chi connectivity index (χ1v) is 6.60. The van der Waals surface area contributed by atoms with Gasteiger partial charge in [-0.25, -0.2) is 8.42 Å². The second-order valence-electron chi connectivity index (χ2n) is 3.81. The zero-order chi connectivity index (χ0) is 13.1. The van der Waals surface area contributed by atoms with Gasteiger partial charge in [-0.05, 0) is 19.1 Å². The fraction of sp³-hybridized carbons (Fsp3) is 0.455. The van der Waals surface area contributed by atoms with Crippen LogP contribution in [0.2, 0.25) is 0 Å². The molecule has 0 radical (unpaired) electrons. The summed E-state index contributed by atoms with van der Waals surface area (Å²) in [5.74, 6) is 0.483. The molecule has 0 spiro atoms. The molecule has 0 fully saturated rings. The number of sulfonamides is 1. The van der Waals surface area contributed by atoms with Crippen LogP contribution in [0.1, 0.15) is 6.92 Å². The highest BCUT2D eigenvalue weighted by atomic mass is 32.2. The first-order valence-electron chi connectivity index (χ1n) is 5.16. The Morgan fingerprint density at radius 1 is 1.47 bits per heavy atom. The van der Waals surface area contributed by atoms with Gasteiger partial charge in [0.2, 0.25) is 10.0 Å². The maximum atomic E-state index is 12.1. The minimum atomic E-state index is -3.57. The van der Waals surface area contributed by atoms with E-state index in [2.05, 4.69) is 0 Å². The molecule has 5 nitrogen and oxygen atoms in total. The van der Waals surface area contributed by atoms with E-state index in [1.165, 1.54) is 33.2 Å². The molecule has 0 aliphatic rings. The van der Waals surface area contributed by atoms with E-state index in [9.17, 15) is 13.5 Å². The van der Waals surface area contributed by atoms with Crippen LogP contribution in [0.3, 0.4) is 0 Å². The summed E-state index contributed by atoms with van der Waals surface area (Å²) in [7, 11) is -0.664. The van der Waals surface area contributed by atoms with Gasteiger partial charge in [0.25, 0.3) is 0 Å². The van der Waals surface area contributed by atoms with Crippen molar-refractivity contribution >= 4 is 10.0 Å². The lowest BCUT2D eigenvalue weighted by molar-refractivity contribution is 0.171. The molecule has 1 aromatic carbocycles. The van der Waals surface area contributed by atoms with Crippen molar-refractivity contribution in [1.82, 2.24) is 4.31 Å². The maximum Gasteiger partial charge on any atom is 0.243 e. The summed E-state index contributed by atoms with van der Waals surface area (Å²) in [5, 5.41) is 9.20. The van der Waals surface area contributed by atoms with Crippen molar-refractivity contribution in [2.24, 2.45) is 0 Å². The quantitative estimate of drug-likeness (QED) is 0.845. The summed E-state index contributed by atoms with van der Waals surface area (Å²) in [6.45, 7) is 1.59. The van der Waals surface area contributed by atoms with E-state index in [0.717, 1.165) is 4.31 Å². The highest BCUT2D eigenvalue weighted by molar-refractivity contribution is 7.89. The Labute approximate surface area is 102 Å². The second kappa shape index (κ2) is 5.48. The van der Waals surface area contributed by atoms with Crippen LogP contribution in [0.4, 0.5) is 0 Å². The molecule has 0 aromatic heterocycles. The molecule has 1 atom stereocenters. The van der Waals surface area contributed by atoms with E-state index in [1.54, 1.807) is 12.1 Å². The van der Waals surface area contributed by atoms with Gasteiger partial charge < -0.3 is 9.84 Å². The summed E-state index contributed by atoms with van der Waals surface area (Å²) in [4.78, 5) is 0.153. The number of aliphatic hydroxyl groups is 1. The predicted molar refractivity (Wildman–Crippen MR) is 64.5 cm³/mol. The molecule has 0 saturated heterocycles. The normalized spacial score (nSPS) is 13.7. The van der Waals surface area contributed by atoms with Gasteiger partial charge in [-0.15, -0.1) is 0 Å². The van der Waals surface area contributed by atoms with Crippen molar-refractivity contribution in [2.45, 2.75) is 17.9 Å². The van der Waals surface area contributed by atoms with Crippen LogP contribution in [-0.4, -0.2) is 44.6 Å². The largest absolute Gasteiger partial charge is 0.497 e. The van der Waals surface area contributed by atoms with Crippen molar-refractivity contribution < 1.29 is 18.3 Å². The van der Waals surface area contributed by atoms with Crippen molar-refractivity contribution in [1.29, 1.82) is 0 Å². The number of hydrogen-bond acceptors (Lipinski definition) is 4. The van der Waals surface area contributed by atoms with Crippen molar-refractivity contribution in [3.63, 3.8) is 0 Å². The van der Waals surface area contributed by atoms with Crippen molar-refractivity contribution in [3.8, 4) is 5.75 Å². The number of ether oxygens (including phenoxy) is 1. The third kappa shape index (κ3) is 3.42. The Morgan fingerprint density at radius 3 is 2.65 bits per heavy atom. The summed E-state index contributed by atoms with van der Waals surface area (Å²) in [6.07, 6.45) is -0.708. The Hall–Kier alpha value is -1.11. The molecule has 96 valence electrons. The summed E-state index contributed by atoms with van der Waals surface area (Å²) >= 11 is 0. The van der Waals surface area contributed by atoms with Crippen LogP contribution < -0.4 is 4.74 Å². The molecule has 1 rings (SSSR count). The number of rotatable bonds is 5. The van der Waals surface area contributed by atoms with Crippen molar-refractivity contribution in [3.05, 3.63) is 24.3 Å². The number of nitrogens with zero attached hydrogens (tertiary/aromatic N) is 1. The molecule has 0 heterocycles. The minimum Gasteiger partial charge on any atom is -0.497 e. The van der Waals surface area contributed by atoms with Gasteiger partial charge in [-0.3, -0.25) is 0 Å². The molecule has 0 aliphatic carbocycles. The summed E-state index contributed by atoms with van der Waals surface area (Å²) < 4.78 is 30.3. The molecule has 0 saturated carbocycles. The maximum absolute atomic E-state index is 12.1. The minimum absolute atomic E-state index is 0.0551. The SMILES string of the molecule is COc1cccc(S(=O)(=O)N(C)CC(C)O)c1. The second-order valence-corrected chi connectivity index (χ2v) is 5.86. The zero-order valence-electron chi connectivity index (χ0n) is 10.1. The number of aliphatic hydroxyl groups excluding tert-OH is 1. The predicted octanol–water partition coefficient (Wildman–Crippen LogP) is 0.696. The van der Waals surface area contributed by atoms with Crippen LogP contribution in [0.15, 0.2) is 29.2 Å². The van der Waals surface area contributed by atoms with E-state index in [1.807, 2.05) is 0 Å². The standard InChI is InChI=1S/C11H17NO4S/c1-9(13)8-12(2)17(14,15)11-6-4-5-10(7-11)16-3/h4-7,9,13H,8H2,1-3H3. The molecular weight excluding hydrogens is 242 g/mol. The average Bonchev–Trinajstić information content (AvgIpc) is 2.28. The Kier molecular flexibility index (Phi) is 4.50. The Balaban J connectivity index is 3.04. The van der Waals surface area contributed by atoms with Gasteiger partial charge in [0, 0.05) is 19.7 Å². The molecule has 0 amide bonds. The summed E-state index contributed by atoms with van der Waals surface area (Å²) in [5.41, 5.74) is 0. The van der Waals surface area contributed by atoms with Gasteiger partial charge in [0.15, 0.2) is 0 Å². The van der Waals surface area contributed by atoms with E-state index >= 15 is 0 Å². The van der Waals surface area contributed by atoms with Crippen LogP contribution in [0.25, 0.3) is 0 Å². The third-order valence-corrected chi connectivity index (χ3v) is 4.09. The van der Waals surface area contributed by atoms with Gasteiger partial charge in [0.05, 0.1) is 18.1 Å². The number of hydrogen-bond donors (Lipinski definition) is 1. The van der Waals surface area contributed by atoms with Crippen LogP contribution in [-0.2, 0) is 10.0 Å². The molecule has 1 aromatic rings. The zero-order valence-corrected chi connectivity index (χ0v) is 10.9. The lowest BCUT2D eigenvalue weighted by Crippen LogP contribution is -2.33. The van der Waals surface area contributed by atoms with Crippen LogP contribution in [0, 0.1) is 0 Å². The number of likely N-dealkylation sites (N-methyl/N-ethyl adjacent to an activating group) is 1. The molecule has 1 unspecified atom stereocenters. The van der Waals surface area contributed by atoms with E-state index in [4.69, 9.17) is 4.74 Å². The van der Waals surface area contributed by atoms with Crippen molar-refractivity contribution in [2.75, 3.05) is 20.7 Å². The van der Waals surface area contributed by atoms with Gasteiger partial charge >= 0.3 is 0 Å². The Morgan fingerprint density at radius 2 is 2.12 bits per heavy atom. The monoisotopic (exact) mass is 259 g/mol. The average molecular weight is 259 g/mol. The van der Waals surface area contributed by atoms with E-state index < -0.39 is 16.1 Å². The van der Waals surface area contributed by atoms with Crippen LogP contribution in [0.5, 0.6) is 5.75 Å². The lowest BCUT2D eigenvalue weighted by Gasteiger charge is -2.18. The van der Waals surface area contributed by atoms with Gasteiger partial charge in [0.1, 0.15) is 5.75 Å². The molecule has 0 aliphatic heterocycles.